The largest absolute Gasteiger partial charge is 1.00 e. The van der Waals surface area contributed by atoms with Gasteiger partial charge in [0.2, 0.25) is 0 Å². The zero-order chi connectivity index (χ0) is 73.2. The van der Waals surface area contributed by atoms with Gasteiger partial charge in [0.1, 0.15) is 19.3 Å². The van der Waals surface area contributed by atoms with Crippen LogP contribution in [0.15, 0.2) is 97.2 Å². The smallest absolute Gasteiger partial charge is 0.756 e. The fourth-order valence-corrected chi connectivity index (χ4v) is 11.9. The first-order valence-electron chi connectivity index (χ1n) is 39.4. The molecule has 0 aliphatic rings. The Balaban J connectivity index is -0.0000490. The molecule has 0 spiro atoms. The molecule has 17 nitrogen and oxygen atoms in total. The molecule has 0 amide bonds. The van der Waals surface area contributed by atoms with Crippen molar-refractivity contribution in [1.82, 2.24) is 0 Å². The molecule has 0 fully saturated rings. The predicted octanol–water partition coefficient (Wildman–Crippen LogP) is 15.5. The van der Waals surface area contributed by atoms with Crippen molar-refractivity contribution < 1.29 is 139 Å². The third-order valence-electron chi connectivity index (χ3n) is 16.5. The zero-order valence-corrected chi connectivity index (χ0v) is 70.8. The average Bonchev–Trinajstić information content (AvgIpc) is 0.927. The third-order valence-corrected chi connectivity index (χ3v) is 18.3. The molecule has 0 aliphatic heterocycles. The van der Waals surface area contributed by atoms with Crippen molar-refractivity contribution in [1.29, 1.82) is 0 Å². The molecule has 0 saturated carbocycles. The van der Waals surface area contributed by atoms with Crippen LogP contribution in [0.3, 0.4) is 0 Å². The standard InChI is InChI=1S/C81H142O17P2.2Na/c1-5-9-13-17-21-25-29-33-37-41-45-49-53-57-61-65-78(83)91-71-76(97-80(85)67-63-59-55-51-47-43-39-35-31-27-23-19-15-11-7-3)73-95-99(87,88)93-69-75(82)70-94-100(89,90)96-74-77(98-81(86)68-64-60-56-52-48-44-40-36-32-28-24-20-16-12-8-4)72-92-79(84)66-62-58-54-50-46-42-38-34-30-26-22-18-14-10-6-2;;/h25-32,37-44,75-77,82H,5-24,33-36,45-74H2,1-4H3,(H,87,88)(H,89,90);;/q;2*+1/p-2. The van der Waals surface area contributed by atoms with E-state index in [-0.39, 0.29) is 84.8 Å². The topological polar surface area (TPSA) is 243 Å². The summed E-state index contributed by atoms with van der Waals surface area (Å²) in [7, 11) is -10.5. The Hall–Kier alpha value is -2.02. The van der Waals surface area contributed by atoms with Gasteiger partial charge in [-0.3, -0.25) is 28.3 Å². The summed E-state index contributed by atoms with van der Waals surface area (Å²) in [5.74, 6) is -2.34. The van der Waals surface area contributed by atoms with E-state index in [0.717, 1.165) is 154 Å². The van der Waals surface area contributed by atoms with Crippen molar-refractivity contribution in [2.75, 3.05) is 39.6 Å². The quantitative estimate of drug-likeness (QED) is 0.0149. The summed E-state index contributed by atoms with van der Waals surface area (Å²) < 4.78 is 67.6. The first-order chi connectivity index (χ1) is 48.7. The normalized spacial score (nSPS) is 14.1. The van der Waals surface area contributed by atoms with Crippen LogP contribution in [-0.4, -0.2) is 86.9 Å². The van der Waals surface area contributed by atoms with Gasteiger partial charge in [-0.2, -0.15) is 0 Å². The number of hydrogen-bond acceptors (Lipinski definition) is 17. The van der Waals surface area contributed by atoms with Crippen molar-refractivity contribution in [3.8, 4) is 0 Å². The van der Waals surface area contributed by atoms with Crippen LogP contribution >= 0.6 is 15.6 Å². The molecule has 0 aromatic rings. The molecule has 4 atom stereocenters. The minimum atomic E-state index is -5.25. The molecule has 578 valence electrons. The molecule has 0 aromatic carbocycles. The van der Waals surface area contributed by atoms with E-state index in [1.54, 1.807) is 0 Å². The van der Waals surface area contributed by atoms with Crippen LogP contribution in [0.4, 0.5) is 0 Å². The van der Waals surface area contributed by atoms with Crippen LogP contribution < -0.4 is 68.9 Å². The number of hydrogen-bond donors (Lipinski definition) is 1. The number of allylic oxidation sites excluding steroid dienone is 16. The Kier molecular flexibility index (Phi) is 81.7. The summed E-state index contributed by atoms with van der Waals surface area (Å²) in [4.78, 5) is 77.6. The number of phosphoric ester groups is 2. The van der Waals surface area contributed by atoms with E-state index >= 15 is 0 Å². The van der Waals surface area contributed by atoms with Crippen LogP contribution in [0.2, 0.25) is 0 Å². The maximum atomic E-state index is 13.0. The number of ether oxygens (including phenoxy) is 4. The molecule has 4 unspecified atom stereocenters. The fraction of sp³-hybridized carbons (Fsp3) is 0.753. The Bertz CT molecular complexity index is 2140. The van der Waals surface area contributed by atoms with E-state index < -0.39 is 97.5 Å². The van der Waals surface area contributed by atoms with E-state index in [2.05, 4.69) is 125 Å². The molecule has 0 aromatic heterocycles. The van der Waals surface area contributed by atoms with E-state index in [0.29, 0.717) is 25.7 Å². The summed E-state index contributed by atoms with van der Waals surface area (Å²) in [5, 5.41) is 10.6. The van der Waals surface area contributed by atoms with Crippen LogP contribution in [-0.2, 0) is 65.4 Å². The van der Waals surface area contributed by atoms with Crippen molar-refractivity contribution >= 4 is 39.5 Å². The van der Waals surface area contributed by atoms with E-state index in [4.69, 9.17) is 37.0 Å². The molecular formula is C81H140Na2O17P2. The van der Waals surface area contributed by atoms with Gasteiger partial charge in [-0.1, -0.05) is 253 Å². The van der Waals surface area contributed by atoms with Gasteiger partial charge in [0.05, 0.1) is 26.4 Å². The number of carbonyl (C=O) groups excluding carboxylic acids is 4. The first kappa shape index (κ1) is 104. The predicted molar refractivity (Wildman–Crippen MR) is 404 cm³/mol. The van der Waals surface area contributed by atoms with Gasteiger partial charge in [-0.25, -0.2) is 0 Å². The van der Waals surface area contributed by atoms with E-state index in [1.165, 1.54) is 103 Å². The Labute approximate surface area is 664 Å². The minimum absolute atomic E-state index is 0. The maximum absolute atomic E-state index is 13.0. The molecular weight excluding hydrogens is 1350 g/mol. The second-order valence-electron chi connectivity index (χ2n) is 26.2. The number of carbonyl (C=O) groups is 4. The molecule has 1 N–H and O–H groups in total. The molecule has 0 heterocycles. The van der Waals surface area contributed by atoms with Gasteiger partial charge < -0.3 is 51.9 Å². The van der Waals surface area contributed by atoms with Gasteiger partial charge in [0.15, 0.2) is 12.2 Å². The van der Waals surface area contributed by atoms with Crippen LogP contribution in [0.1, 0.15) is 336 Å². The van der Waals surface area contributed by atoms with E-state index in [1.807, 2.05) is 0 Å². The molecule has 0 radical (unpaired) electrons. The number of aliphatic hydroxyl groups is 1. The van der Waals surface area contributed by atoms with Gasteiger partial charge in [-0.15, -0.1) is 0 Å². The molecule has 102 heavy (non-hydrogen) atoms. The number of aliphatic hydroxyl groups excluding tert-OH is 1. The Morgan fingerprint density at radius 1 is 0.294 bits per heavy atom. The minimum Gasteiger partial charge on any atom is -0.756 e. The number of esters is 4. The molecule has 0 aliphatic carbocycles. The summed E-state index contributed by atoms with van der Waals surface area (Å²) in [5.41, 5.74) is 0. The molecule has 21 heteroatoms. The maximum Gasteiger partial charge on any atom is 1.00 e. The third kappa shape index (κ3) is 79.0. The van der Waals surface area contributed by atoms with Gasteiger partial charge in [-0.05, 0) is 154 Å². The fourth-order valence-electron chi connectivity index (χ4n) is 10.4. The zero-order valence-electron chi connectivity index (χ0n) is 65.0. The summed E-state index contributed by atoms with van der Waals surface area (Å²) >= 11 is 0. The number of unbranched alkanes of at least 4 members (excludes halogenated alkanes) is 32. The second-order valence-corrected chi connectivity index (χ2v) is 29.1. The Morgan fingerprint density at radius 3 is 0.735 bits per heavy atom. The van der Waals surface area contributed by atoms with Crippen LogP contribution in [0.25, 0.3) is 0 Å². The molecule has 0 rings (SSSR count). The summed E-state index contributed by atoms with van der Waals surface area (Å²) in [6.45, 7) is 4.34. The number of rotatable bonds is 74. The van der Waals surface area contributed by atoms with E-state index in [9.17, 15) is 43.2 Å². The second kappa shape index (κ2) is 80.0. The van der Waals surface area contributed by atoms with Crippen molar-refractivity contribution in [3.63, 3.8) is 0 Å². The van der Waals surface area contributed by atoms with Gasteiger partial charge in [0.25, 0.3) is 15.6 Å². The SMILES string of the molecule is CCCCCCC=CCC=CCCCCCCC(=O)OCC(COP(=O)([O-])OCC(O)COP(=O)([O-])OCC(COC(=O)CCCCCCC=CCC=CCCCCCC)OC(=O)CCCCCCC=CCC=CCCCCCC)OC(=O)CCCCCCC=CCC=CCCCCCC.[Na+].[Na+]. The molecule has 0 bridgehead atoms. The van der Waals surface area contributed by atoms with Gasteiger partial charge in [0, 0.05) is 25.7 Å². The van der Waals surface area contributed by atoms with Crippen molar-refractivity contribution in [2.24, 2.45) is 0 Å². The first-order valence-corrected chi connectivity index (χ1v) is 42.4. The van der Waals surface area contributed by atoms with Gasteiger partial charge >= 0.3 is 83.0 Å². The van der Waals surface area contributed by atoms with Crippen LogP contribution in [0, 0.1) is 0 Å². The number of phosphoric acid groups is 2. The van der Waals surface area contributed by atoms with Crippen molar-refractivity contribution in [3.05, 3.63) is 97.2 Å². The van der Waals surface area contributed by atoms with Crippen LogP contribution in [0.5, 0.6) is 0 Å². The summed E-state index contributed by atoms with van der Waals surface area (Å²) in [6, 6.07) is 0. The Morgan fingerprint density at radius 2 is 0.500 bits per heavy atom. The summed E-state index contributed by atoms with van der Waals surface area (Å²) in [6.07, 6.45) is 76.0. The van der Waals surface area contributed by atoms with Crippen molar-refractivity contribution in [2.45, 2.75) is 354 Å². The monoisotopic (exact) mass is 1490 g/mol. The average molecular weight is 1490 g/mol. The molecule has 0 saturated heterocycles.